The van der Waals surface area contributed by atoms with Crippen LogP contribution < -0.4 is 5.32 Å². The SMILES string of the molecule is CCC1SCCSC1c1ncc(C(C)NC)c(C)n1. The largest absolute Gasteiger partial charge is 0.313 e. The van der Waals surface area contributed by atoms with Crippen molar-refractivity contribution in [2.24, 2.45) is 0 Å². The van der Waals surface area contributed by atoms with Crippen LogP contribution in [-0.4, -0.2) is 33.8 Å². The molecule has 0 radical (unpaired) electrons. The number of hydrogen-bond donors (Lipinski definition) is 1. The van der Waals surface area contributed by atoms with Crippen LogP contribution in [0.2, 0.25) is 0 Å². The Morgan fingerprint density at radius 3 is 2.79 bits per heavy atom. The Morgan fingerprint density at radius 1 is 1.42 bits per heavy atom. The molecule has 1 fully saturated rings. The summed E-state index contributed by atoms with van der Waals surface area (Å²) < 4.78 is 0. The number of thioether (sulfide) groups is 2. The first-order chi connectivity index (χ1) is 9.17. The number of aromatic nitrogens is 2. The highest BCUT2D eigenvalue weighted by atomic mass is 32.2. The summed E-state index contributed by atoms with van der Waals surface area (Å²) in [5, 5.41) is 4.37. The molecule has 3 atom stereocenters. The normalized spacial score (nSPS) is 25.3. The van der Waals surface area contributed by atoms with Gasteiger partial charge in [-0.2, -0.15) is 11.8 Å². The van der Waals surface area contributed by atoms with Crippen LogP contribution in [0.25, 0.3) is 0 Å². The average molecular weight is 297 g/mol. The molecular formula is C14H23N3S2. The maximum atomic E-state index is 4.78. The van der Waals surface area contributed by atoms with E-state index in [1.54, 1.807) is 0 Å². The van der Waals surface area contributed by atoms with Gasteiger partial charge in [-0.05, 0) is 27.3 Å². The molecule has 3 nitrogen and oxygen atoms in total. The molecule has 106 valence electrons. The molecule has 5 heteroatoms. The molecule has 3 unspecified atom stereocenters. The van der Waals surface area contributed by atoms with Gasteiger partial charge in [-0.15, -0.1) is 11.8 Å². The Bertz CT molecular complexity index is 425. The number of hydrogen-bond acceptors (Lipinski definition) is 5. The number of aryl methyl sites for hydroxylation is 1. The highest BCUT2D eigenvalue weighted by Crippen LogP contribution is 2.42. The van der Waals surface area contributed by atoms with Crippen LogP contribution in [-0.2, 0) is 0 Å². The Hall–Kier alpha value is -0.260. The van der Waals surface area contributed by atoms with Crippen molar-refractivity contribution in [2.75, 3.05) is 18.6 Å². The molecule has 1 saturated heterocycles. The monoisotopic (exact) mass is 297 g/mol. The fourth-order valence-electron chi connectivity index (χ4n) is 2.35. The lowest BCUT2D eigenvalue weighted by Gasteiger charge is -2.29. The first-order valence-electron chi connectivity index (χ1n) is 6.91. The van der Waals surface area contributed by atoms with E-state index < -0.39 is 0 Å². The van der Waals surface area contributed by atoms with Gasteiger partial charge >= 0.3 is 0 Å². The van der Waals surface area contributed by atoms with Gasteiger partial charge in [-0.3, -0.25) is 0 Å². The summed E-state index contributed by atoms with van der Waals surface area (Å²) >= 11 is 4.09. The van der Waals surface area contributed by atoms with Gasteiger partial charge in [-0.1, -0.05) is 6.92 Å². The summed E-state index contributed by atoms with van der Waals surface area (Å²) in [6.45, 7) is 6.50. The van der Waals surface area contributed by atoms with Crippen molar-refractivity contribution >= 4 is 23.5 Å². The molecule has 1 aromatic rings. The molecule has 1 aliphatic heterocycles. The lowest BCUT2D eigenvalue weighted by atomic mass is 10.1. The van der Waals surface area contributed by atoms with E-state index >= 15 is 0 Å². The zero-order valence-corrected chi connectivity index (χ0v) is 13.8. The van der Waals surface area contributed by atoms with Crippen molar-refractivity contribution in [3.8, 4) is 0 Å². The van der Waals surface area contributed by atoms with E-state index in [1.165, 1.54) is 23.5 Å². The third-order valence-corrected chi connectivity index (χ3v) is 6.89. The molecule has 1 aromatic heterocycles. The Kier molecular flexibility index (Phi) is 5.54. The summed E-state index contributed by atoms with van der Waals surface area (Å²) in [7, 11) is 1.97. The summed E-state index contributed by atoms with van der Waals surface area (Å²) in [4.78, 5) is 9.42. The second-order valence-corrected chi connectivity index (χ2v) is 7.48. The van der Waals surface area contributed by atoms with Crippen LogP contribution in [0.15, 0.2) is 6.20 Å². The van der Waals surface area contributed by atoms with Gasteiger partial charge in [0, 0.05) is 40.3 Å². The van der Waals surface area contributed by atoms with E-state index in [9.17, 15) is 0 Å². The van der Waals surface area contributed by atoms with Crippen molar-refractivity contribution in [1.29, 1.82) is 0 Å². The minimum atomic E-state index is 0.310. The van der Waals surface area contributed by atoms with Crippen LogP contribution in [0, 0.1) is 6.92 Å². The van der Waals surface area contributed by atoms with E-state index in [0.717, 1.165) is 11.5 Å². The van der Waals surface area contributed by atoms with Gasteiger partial charge < -0.3 is 5.32 Å². The average Bonchev–Trinajstić information content (AvgIpc) is 2.46. The molecule has 2 rings (SSSR count). The molecule has 0 amide bonds. The predicted octanol–water partition coefficient (Wildman–Crippen LogP) is 3.37. The fourth-order valence-corrected chi connectivity index (χ4v) is 5.35. The standard InChI is InChI=1S/C14H23N3S2/c1-5-12-13(19-7-6-18-12)14-16-8-11(9(2)15-4)10(3)17-14/h8-9,12-13,15H,5-7H2,1-4H3. The molecule has 0 aliphatic carbocycles. The first-order valence-corrected chi connectivity index (χ1v) is 9.01. The van der Waals surface area contributed by atoms with Gasteiger partial charge in [0.05, 0.1) is 5.25 Å². The van der Waals surface area contributed by atoms with Crippen molar-refractivity contribution in [1.82, 2.24) is 15.3 Å². The van der Waals surface area contributed by atoms with Gasteiger partial charge in [0.1, 0.15) is 5.82 Å². The molecule has 0 aromatic carbocycles. The Balaban J connectivity index is 2.23. The topological polar surface area (TPSA) is 37.8 Å². The molecule has 2 heterocycles. The first kappa shape index (κ1) is 15.1. The Morgan fingerprint density at radius 2 is 2.16 bits per heavy atom. The quantitative estimate of drug-likeness (QED) is 0.922. The predicted molar refractivity (Wildman–Crippen MR) is 86.0 cm³/mol. The van der Waals surface area contributed by atoms with Crippen LogP contribution in [0.1, 0.15) is 48.6 Å². The van der Waals surface area contributed by atoms with E-state index in [1.807, 2.05) is 25.0 Å². The highest BCUT2D eigenvalue weighted by molar-refractivity contribution is 8.06. The minimum absolute atomic E-state index is 0.310. The van der Waals surface area contributed by atoms with E-state index in [0.29, 0.717) is 16.5 Å². The van der Waals surface area contributed by atoms with Gasteiger partial charge in [-0.25, -0.2) is 9.97 Å². The third-order valence-electron chi connectivity index (χ3n) is 3.64. The zero-order chi connectivity index (χ0) is 13.8. The lowest BCUT2D eigenvalue weighted by molar-refractivity contribution is 0.634. The van der Waals surface area contributed by atoms with Gasteiger partial charge in [0.25, 0.3) is 0 Å². The molecule has 1 N–H and O–H groups in total. The molecule has 1 aliphatic rings. The van der Waals surface area contributed by atoms with Crippen molar-refractivity contribution in [3.63, 3.8) is 0 Å². The molecule has 19 heavy (non-hydrogen) atoms. The van der Waals surface area contributed by atoms with Crippen molar-refractivity contribution < 1.29 is 0 Å². The van der Waals surface area contributed by atoms with Crippen LogP contribution >= 0.6 is 23.5 Å². The van der Waals surface area contributed by atoms with Crippen molar-refractivity contribution in [2.45, 2.75) is 43.7 Å². The van der Waals surface area contributed by atoms with Crippen LogP contribution in [0.5, 0.6) is 0 Å². The van der Waals surface area contributed by atoms with Gasteiger partial charge in [0.2, 0.25) is 0 Å². The maximum Gasteiger partial charge on any atom is 0.142 e. The summed E-state index contributed by atoms with van der Waals surface area (Å²) in [6.07, 6.45) is 3.20. The summed E-state index contributed by atoms with van der Waals surface area (Å²) in [5.41, 5.74) is 2.31. The molecule has 0 bridgehead atoms. The zero-order valence-electron chi connectivity index (χ0n) is 12.1. The lowest BCUT2D eigenvalue weighted by Crippen LogP contribution is -2.22. The summed E-state index contributed by atoms with van der Waals surface area (Å²) in [6, 6.07) is 0.310. The maximum absolute atomic E-state index is 4.78. The van der Waals surface area contributed by atoms with E-state index in [4.69, 9.17) is 4.98 Å². The fraction of sp³-hybridized carbons (Fsp3) is 0.714. The van der Waals surface area contributed by atoms with E-state index in [-0.39, 0.29) is 0 Å². The molecule has 0 spiro atoms. The second-order valence-electron chi connectivity index (χ2n) is 4.89. The van der Waals surface area contributed by atoms with E-state index in [2.05, 4.69) is 42.8 Å². The number of rotatable bonds is 4. The highest BCUT2D eigenvalue weighted by Gasteiger charge is 2.29. The molecular weight excluding hydrogens is 274 g/mol. The van der Waals surface area contributed by atoms with Gasteiger partial charge in [0.15, 0.2) is 0 Å². The molecule has 0 saturated carbocycles. The summed E-state index contributed by atoms with van der Waals surface area (Å²) in [5.74, 6) is 3.49. The second kappa shape index (κ2) is 6.95. The Labute approximate surface area is 124 Å². The smallest absolute Gasteiger partial charge is 0.142 e. The van der Waals surface area contributed by atoms with Crippen LogP contribution in [0.4, 0.5) is 0 Å². The number of nitrogens with one attached hydrogen (secondary N) is 1. The minimum Gasteiger partial charge on any atom is -0.313 e. The van der Waals surface area contributed by atoms with Crippen LogP contribution in [0.3, 0.4) is 0 Å². The third kappa shape index (κ3) is 3.44. The number of nitrogens with zero attached hydrogens (tertiary/aromatic N) is 2. The van der Waals surface area contributed by atoms with Crippen molar-refractivity contribution in [3.05, 3.63) is 23.3 Å².